The van der Waals surface area contributed by atoms with E-state index in [9.17, 15) is 14.0 Å². The molecular weight excluding hydrogens is 421 g/mol. The van der Waals surface area contributed by atoms with E-state index in [1.807, 2.05) is 11.5 Å². The first kappa shape index (κ1) is 22.3. The van der Waals surface area contributed by atoms with Crippen LogP contribution in [0.15, 0.2) is 53.7 Å². The first-order chi connectivity index (χ1) is 15.0. The van der Waals surface area contributed by atoms with Gasteiger partial charge < -0.3 is 19.9 Å². The molecule has 0 bridgehead atoms. The van der Waals surface area contributed by atoms with Crippen molar-refractivity contribution >= 4 is 29.3 Å². The number of amides is 2. The smallest absolute Gasteiger partial charge is 0.251 e. The van der Waals surface area contributed by atoms with Crippen molar-refractivity contribution in [2.75, 3.05) is 18.2 Å². The number of carbonyl (C=O) groups is 2. The highest BCUT2D eigenvalue weighted by molar-refractivity contribution is 7.99. The summed E-state index contributed by atoms with van der Waals surface area (Å²) in [7, 11) is 1.58. The minimum absolute atomic E-state index is 0.159. The number of nitrogens with one attached hydrogen (secondary N) is 2. The monoisotopic (exact) mass is 443 g/mol. The summed E-state index contributed by atoms with van der Waals surface area (Å²) in [6.45, 7) is 2.67. The largest absolute Gasteiger partial charge is 0.497 e. The Bertz CT molecular complexity index is 1040. The number of ether oxygens (including phenoxy) is 1. The van der Waals surface area contributed by atoms with Crippen LogP contribution >= 0.6 is 11.8 Å². The number of aromatic nitrogens is 3. The zero-order valence-electron chi connectivity index (χ0n) is 17.1. The van der Waals surface area contributed by atoms with Gasteiger partial charge in [-0.05, 0) is 55.5 Å². The predicted octanol–water partition coefficient (Wildman–Crippen LogP) is 3.11. The third kappa shape index (κ3) is 6.05. The zero-order chi connectivity index (χ0) is 22.2. The third-order valence-corrected chi connectivity index (χ3v) is 5.30. The van der Waals surface area contributed by atoms with E-state index in [0.29, 0.717) is 34.5 Å². The Morgan fingerprint density at radius 3 is 2.45 bits per heavy atom. The standard InChI is InChI=1S/C21H22FN5O3S/c1-3-27-18(12-23-20(29)14-4-6-15(22)7-5-14)25-26-21(27)31-13-19(28)24-16-8-10-17(30-2)11-9-16/h4-11H,3,12-13H2,1-2H3,(H,23,29)(H,24,28). The van der Waals surface area contributed by atoms with E-state index in [4.69, 9.17) is 4.74 Å². The molecule has 3 rings (SSSR count). The van der Waals surface area contributed by atoms with Crippen LogP contribution in [-0.2, 0) is 17.9 Å². The van der Waals surface area contributed by atoms with Crippen molar-refractivity contribution in [1.29, 1.82) is 0 Å². The number of methoxy groups -OCH3 is 1. The minimum Gasteiger partial charge on any atom is -0.497 e. The number of anilines is 1. The Labute approximate surface area is 183 Å². The summed E-state index contributed by atoms with van der Waals surface area (Å²) >= 11 is 1.26. The molecule has 0 saturated carbocycles. The Morgan fingerprint density at radius 1 is 1.10 bits per heavy atom. The van der Waals surface area contributed by atoms with Crippen LogP contribution in [0.25, 0.3) is 0 Å². The lowest BCUT2D eigenvalue weighted by Crippen LogP contribution is -2.24. The van der Waals surface area contributed by atoms with Crippen molar-refractivity contribution in [3.63, 3.8) is 0 Å². The van der Waals surface area contributed by atoms with Crippen molar-refractivity contribution in [2.24, 2.45) is 0 Å². The van der Waals surface area contributed by atoms with Gasteiger partial charge in [-0.3, -0.25) is 9.59 Å². The molecule has 10 heteroatoms. The lowest BCUT2D eigenvalue weighted by atomic mass is 10.2. The highest BCUT2D eigenvalue weighted by atomic mass is 32.2. The minimum atomic E-state index is -0.403. The van der Waals surface area contributed by atoms with E-state index in [1.165, 1.54) is 36.0 Å². The average Bonchev–Trinajstić information content (AvgIpc) is 3.18. The van der Waals surface area contributed by atoms with Crippen molar-refractivity contribution < 1.29 is 18.7 Å². The van der Waals surface area contributed by atoms with Crippen molar-refractivity contribution in [2.45, 2.75) is 25.2 Å². The van der Waals surface area contributed by atoms with E-state index < -0.39 is 5.82 Å². The first-order valence-electron chi connectivity index (χ1n) is 9.52. The molecule has 1 aromatic heterocycles. The number of hydrogen-bond donors (Lipinski definition) is 2. The molecule has 3 aromatic rings. The maximum Gasteiger partial charge on any atom is 0.251 e. The first-order valence-corrected chi connectivity index (χ1v) is 10.5. The molecule has 1 heterocycles. The van der Waals surface area contributed by atoms with Gasteiger partial charge in [0, 0.05) is 17.8 Å². The summed E-state index contributed by atoms with van der Waals surface area (Å²) in [5, 5.41) is 14.4. The number of benzene rings is 2. The van der Waals surface area contributed by atoms with Gasteiger partial charge in [0.1, 0.15) is 11.6 Å². The molecule has 0 spiro atoms. The van der Waals surface area contributed by atoms with Gasteiger partial charge in [0.05, 0.1) is 19.4 Å². The van der Waals surface area contributed by atoms with Crippen LogP contribution < -0.4 is 15.4 Å². The number of rotatable bonds is 9. The maximum absolute atomic E-state index is 13.0. The summed E-state index contributed by atoms with van der Waals surface area (Å²) in [6, 6.07) is 12.3. The second kappa shape index (κ2) is 10.6. The molecule has 0 radical (unpaired) electrons. The van der Waals surface area contributed by atoms with Crippen molar-refractivity contribution in [3.05, 3.63) is 65.7 Å². The number of carbonyl (C=O) groups excluding carboxylic acids is 2. The maximum atomic E-state index is 13.0. The van der Waals surface area contributed by atoms with Crippen molar-refractivity contribution in [3.8, 4) is 5.75 Å². The number of halogens is 1. The fourth-order valence-electron chi connectivity index (χ4n) is 2.74. The summed E-state index contributed by atoms with van der Waals surface area (Å²) < 4.78 is 19.9. The van der Waals surface area contributed by atoms with Gasteiger partial charge in [-0.25, -0.2) is 4.39 Å². The van der Waals surface area contributed by atoms with E-state index in [-0.39, 0.29) is 24.1 Å². The highest BCUT2D eigenvalue weighted by Crippen LogP contribution is 2.19. The molecule has 31 heavy (non-hydrogen) atoms. The molecule has 0 fully saturated rings. The van der Waals surface area contributed by atoms with Gasteiger partial charge in [-0.15, -0.1) is 10.2 Å². The van der Waals surface area contributed by atoms with Crippen LogP contribution in [0.4, 0.5) is 10.1 Å². The second-order valence-electron chi connectivity index (χ2n) is 6.40. The molecule has 2 amide bonds. The van der Waals surface area contributed by atoms with Crippen LogP contribution in [0, 0.1) is 5.82 Å². The molecular formula is C21H22FN5O3S. The van der Waals surface area contributed by atoms with Crippen LogP contribution in [0.3, 0.4) is 0 Å². The number of thioether (sulfide) groups is 1. The lowest BCUT2D eigenvalue weighted by molar-refractivity contribution is -0.113. The Hall–Kier alpha value is -3.40. The van der Waals surface area contributed by atoms with E-state index in [0.717, 1.165) is 0 Å². The van der Waals surface area contributed by atoms with Crippen LogP contribution in [0.2, 0.25) is 0 Å². The Kier molecular flexibility index (Phi) is 7.60. The van der Waals surface area contributed by atoms with E-state index in [1.54, 1.807) is 31.4 Å². The lowest BCUT2D eigenvalue weighted by Gasteiger charge is -2.09. The summed E-state index contributed by atoms with van der Waals surface area (Å²) in [6.07, 6.45) is 0. The number of hydrogen-bond acceptors (Lipinski definition) is 6. The third-order valence-electron chi connectivity index (χ3n) is 4.33. The predicted molar refractivity (Wildman–Crippen MR) is 116 cm³/mol. The highest BCUT2D eigenvalue weighted by Gasteiger charge is 2.14. The van der Waals surface area contributed by atoms with Gasteiger partial charge >= 0.3 is 0 Å². The molecule has 0 aliphatic heterocycles. The van der Waals surface area contributed by atoms with Crippen molar-refractivity contribution in [1.82, 2.24) is 20.1 Å². The van der Waals surface area contributed by atoms with Gasteiger partial charge in [0.2, 0.25) is 5.91 Å². The van der Waals surface area contributed by atoms with Gasteiger partial charge in [0.15, 0.2) is 11.0 Å². The molecule has 8 nitrogen and oxygen atoms in total. The molecule has 0 aliphatic rings. The van der Waals surface area contributed by atoms with Gasteiger partial charge in [0.25, 0.3) is 5.91 Å². The van der Waals surface area contributed by atoms with E-state index >= 15 is 0 Å². The average molecular weight is 444 g/mol. The fraction of sp³-hybridized carbons (Fsp3) is 0.238. The molecule has 0 atom stereocenters. The Morgan fingerprint density at radius 2 is 1.81 bits per heavy atom. The molecule has 2 N–H and O–H groups in total. The normalized spacial score (nSPS) is 10.5. The molecule has 0 aliphatic carbocycles. The molecule has 162 valence electrons. The summed E-state index contributed by atoms with van der Waals surface area (Å²) in [4.78, 5) is 24.4. The van der Waals surface area contributed by atoms with Gasteiger partial charge in [-0.1, -0.05) is 11.8 Å². The Balaban J connectivity index is 1.54. The van der Waals surface area contributed by atoms with Crippen LogP contribution in [0.5, 0.6) is 5.75 Å². The topological polar surface area (TPSA) is 98.1 Å². The van der Waals surface area contributed by atoms with Gasteiger partial charge in [-0.2, -0.15) is 0 Å². The second-order valence-corrected chi connectivity index (χ2v) is 7.34. The molecule has 0 unspecified atom stereocenters. The molecule has 0 saturated heterocycles. The summed E-state index contributed by atoms with van der Waals surface area (Å²) in [5.74, 6) is 0.524. The zero-order valence-corrected chi connectivity index (χ0v) is 17.9. The number of nitrogens with zero attached hydrogens (tertiary/aromatic N) is 3. The summed E-state index contributed by atoms with van der Waals surface area (Å²) in [5.41, 5.74) is 1.03. The molecule has 2 aromatic carbocycles. The quantitative estimate of drug-likeness (QED) is 0.493. The SMILES string of the molecule is CCn1c(CNC(=O)c2ccc(F)cc2)nnc1SCC(=O)Nc1ccc(OC)cc1. The fourth-order valence-corrected chi connectivity index (χ4v) is 3.56. The van der Waals surface area contributed by atoms with Crippen LogP contribution in [0.1, 0.15) is 23.1 Å². The van der Waals surface area contributed by atoms with E-state index in [2.05, 4.69) is 20.8 Å². The van der Waals surface area contributed by atoms with Crippen LogP contribution in [-0.4, -0.2) is 39.4 Å².